The molecule has 1 atom stereocenters. The first-order chi connectivity index (χ1) is 15.0. The van der Waals surface area contributed by atoms with Crippen LogP contribution in [-0.2, 0) is 19.1 Å². The summed E-state index contributed by atoms with van der Waals surface area (Å²) in [6, 6.07) is 6.40. The van der Waals surface area contributed by atoms with Gasteiger partial charge in [0.25, 0.3) is 5.56 Å². The summed E-state index contributed by atoms with van der Waals surface area (Å²) in [6.45, 7) is 2.44. The summed E-state index contributed by atoms with van der Waals surface area (Å²) in [7, 11) is 0. The van der Waals surface area contributed by atoms with Crippen LogP contribution < -0.4 is 4.74 Å². The van der Waals surface area contributed by atoms with E-state index in [1.165, 1.54) is 50.7 Å². The Kier molecular flexibility index (Phi) is 15.2. The molecule has 7 heteroatoms. The maximum atomic E-state index is 11.7. The summed E-state index contributed by atoms with van der Waals surface area (Å²) < 4.78 is 15.2. The molecule has 0 amide bonds. The predicted molar refractivity (Wildman–Crippen MR) is 123 cm³/mol. The average molecular weight is 469 g/mol. The zero-order chi connectivity index (χ0) is 22.7. The van der Waals surface area contributed by atoms with Crippen molar-refractivity contribution < 1.29 is 23.8 Å². The zero-order valence-corrected chi connectivity index (χ0v) is 19.4. The van der Waals surface area contributed by atoms with E-state index in [2.05, 4.69) is 18.8 Å². The highest BCUT2D eigenvalue weighted by molar-refractivity contribution is 6.30. The molecule has 5 nitrogen and oxygen atoms in total. The molecule has 170 valence electrons. The summed E-state index contributed by atoms with van der Waals surface area (Å²) in [5.41, 5.74) is -1.30. The van der Waals surface area contributed by atoms with Crippen LogP contribution in [0.2, 0.25) is 5.02 Å². The first kappa shape index (κ1) is 26.9. The monoisotopic (exact) mass is 468 g/mol. The van der Waals surface area contributed by atoms with Crippen LogP contribution in [0.15, 0.2) is 36.4 Å². The van der Waals surface area contributed by atoms with Gasteiger partial charge in [0, 0.05) is 11.1 Å². The van der Waals surface area contributed by atoms with Gasteiger partial charge in [-0.3, -0.25) is 0 Å². The molecule has 0 aromatic heterocycles. The van der Waals surface area contributed by atoms with Crippen molar-refractivity contribution in [3.05, 3.63) is 41.4 Å². The van der Waals surface area contributed by atoms with Crippen molar-refractivity contribution in [3.8, 4) is 17.6 Å². The van der Waals surface area contributed by atoms with Gasteiger partial charge >= 0.3 is 11.9 Å². The van der Waals surface area contributed by atoms with Gasteiger partial charge in [-0.25, -0.2) is 9.59 Å². The Bertz CT molecular complexity index is 735. The molecule has 0 radical (unpaired) electrons. The predicted octanol–water partition coefficient (Wildman–Crippen LogP) is 6.07. The lowest BCUT2D eigenvalue weighted by molar-refractivity contribution is -0.146. The fourth-order valence-electron chi connectivity index (χ4n) is 2.52. The van der Waals surface area contributed by atoms with Gasteiger partial charge in [0.1, 0.15) is 5.75 Å². The molecule has 0 fully saturated rings. The Hall–Kier alpha value is -2.16. The molecular formula is C24H30Cl2O5. The maximum absolute atomic E-state index is 11.7. The topological polar surface area (TPSA) is 61.8 Å². The number of rotatable bonds is 14. The van der Waals surface area contributed by atoms with Crippen molar-refractivity contribution in [2.75, 3.05) is 13.2 Å². The highest BCUT2D eigenvalue weighted by atomic mass is 35.5. The van der Waals surface area contributed by atoms with Crippen molar-refractivity contribution >= 4 is 35.1 Å². The van der Waals surface area contributed by atoms with E-state index in [0.29, 0.717) is 17.4 Å². The lowest BCUT2D eigenvalue weighted by atomic mass is 10.1. The van der Waals surface area contributed by atoms with E-state index < -0.39 is 17.5 Å². The standard InChI is InChI=1S/C24H30Cl2O5/c1-2-3-4-5-6-7-8-11-18-29-22(27)13-10-9-12-19-30-24(28)23(26)31-21-16-14-20(25)15-17-21/h10,13-17,23H,2-8,11,18-19H2,1H3. The van der Waals surface area contributed by atoms with Crippen molar-refractivity contribution in [1.82, 2.24) is 0 Å². The Morgan fingerprint density at radius 3 is 2.32 bits per heavy atom. The van der Waals surface area contributed by atoms with Crippen LogP contribution in [0, 0.1) is 11.8 Å². The molecule has 0 heterocycles. The number of allylic oxidation sites excluding steroid dienone is 1. The molecule has 0 aliphatic heterocycles. The van der Waals surface area contributed by atoms with Gasteiger partial charge in [-0.2, -0.15) is 0 Å². The number of hydrogen-bond acceptors (Lipinski definition) is 5. The van der Waals surface area contributed by atoms with Crippen molar-refractivity contribution in [3.63, 3.8) is 0 Å². The fourth-order valence-corrected chi connectivity index (χ4v) is 2.81. The Balaban J connectivity index is 2.09. The molecule has 1 unspecified atom stereocenters. The van der Waals surface area contributed by atoms with Crippen molar-refractivity contribution in [2.24, 2.45) is 0 Å². The number of ether oxygens (including phenoxy) is 3. The number of hydrogen-bond donors (Lipinski definition) is 0. The van der Waals surface area contributed by atoms with E-state index in [1.54, 1.807) is 24.3 Å². The third-order valence-corrected chi connectivity index (χ3v) is 4.69. The minimum atomic E-state index is -1.30. The summed E-state index contributed by atoms with van der Waals surface area (Å²) in [5, 5.41) is 0.543. The average Bonchev–Trinajstić information content (AvgIpc) is 2.76. The lowest BCUT2D eigenvalue weighted by Crippen LogP contribution is -2.23. The number of esters is 2. The number of halogens is 2. The van der Waals surface area contributed by atoms with E-state index in [9.17, 15) is 9.59 Å². The summed E-state index contributed by atoms with van der Waals surface area (Å²) in [5.74, 6) is 4.36. The molecule has 0 bridgehead atoms. The van der Waals surface area contributed by atoms with Crippen LogP contribution in [0.5, 0.6) is 5.75 Å². The molecule has 1 aromatic carbocycles. The van der Waals surface area contributed by atoms with Crippen molar-refractivity contribution in [1.29, 1.82) is 0 Å². The van der Waals surface area contributed by atoms with Gasteiger partial charge in [0.05, 0.1) is 6.61 Å². The zero-order valence-electron chi connectivity index (χ0n) is 17.9. The lowest BCUT2D eigenvalue weighted by Gasteiger charge is -2.10. The first-order valence-electron chi connectivity index (χ1n) is 10.6. The number of unbranched alkanes of at least 4 members (excludes halogenated alkanes) is 7. The first-order valence-corrected chi connectivity index (χ1v) is 11.4. The number of benzene rings is 1. The molecule has 0 aliphatic carbocycles. The Labute approximate surface area is 195 Å². The number of carbonyl (C=O) groups excluding carboxylic acids is 2. The van der Waals surface area contributed by atoms with E-state index in [4.69, 9.17) is 37.4 Å². The van der Waals surface area contributed by atoms with E-state index in [1.807, 2.05) is 0 Å². The number of alkyl halides is 1. The normalized spacial score (nSPS) is 11.5. The highest BCUT2D eigenvalue weighted by Crippen LogP contribution is 2.18. The largest absolute Gasteiger partial charge is 0.463 e. The molecule has 0 saturated carbocycles. The van der Waals surface area contributed by atoms with E-state index >= 15 is 0 Å². The fraction of sp³-hybridized carbons (Fsp3) is 0.500. The van der Waals surface area contributed by atoms with E-state index in [-0.39, 0.29) is 6.61 Å². The van der Waals surface area contributed by atoms with Gasteiger partial charge in [0.2, 0.25) is 0 Å². The minimum Gasteiger partial charge on any atom is -0.463 e. The van der Waals surface area contributed by atoms with Gasteiger partial charge in [-0.15, -0.1) is 0 Å². The summed E-state index contributed by atoms with van der Waals surface area (Å²) >= 11 is 11.6. The number of carbonyl (C=O) groups is 2. The Morgan fingerprint density at radius 1 is 1.00 bits per heavy atom. The van der Waals surface area contributed by atoms with Crippen LogP contribution in [-0.4, -0.2) is 30.7 Å². The molecule has 0 N–H and O–H groups in total. The minimum absolute atomic E-state index is 0.177. The highest BCUT2D eigenvalue weighted by Gasteiger charge is 2.18. The molecule has 1 rings (SSSR count). The molecule has 1 aromatic rings. The molecule has 0 saturated heterocycles. The van der Waals surface area contributed by atoms with Crippen LogP contribution >= 0.6 is 23.2 Å². The molecular weight excluding hydrogens is 439 g/mol. The van der Waals surface area contributed by atoms with Crippen molar-refractivity contribution in [2.45, 2.75) is 63.9 Å². The van der Waals surface area contributed by atoms with Crippen LogP contribution in [0.3, 0.4) is 0 Å². The van der Waals surface area contributed by atoms with E-state index in [0.717, 1.165) is 12.8 Å². The van der Waals surface area contributed by atoms with Gasteiger partial charge in [-0.1, -0.05) is 86.9 Å². The molecule has 31 heavy (non-hydrogen) atoms. The van der Waals surface area contributed by atoms with Crippen LogP contribution in [0.1, 0.15) is 58.3 Å². The summed E-state index contributed by atoms with van der Waals surface area (Å²) in [4.78, 5) is 23.3. The molecule has 0 spiro atoms. The smallest absolute Gasteiger partial charge is 0.364 e. The second kappa shape index (κ2) is 17.5. The quantitative estimate of drug-likeness (QED) is 0.109. The summed E-state index contributed by atoms with van der Waals surface area (Å²) in [6.07, 6.45) is 12.1. The van der Waals surface area contributed by atoms with Crippen LogP contribution in [0.4, 0.5) is 0 Å². The van der Waals surface area contributed by atoms with Gasteiger partial charge < -0.3 is 14.2 Å². The third-order valence-electron chi connectivity index (χ3n) is 4.17. The third kappa shape index (κ3) is 14.5. The maximum Gasteiger partial charge on any atom is 0.364 e. The van der Waals surface area contributed by atoms with Gasteiger partial charge in [-0.05, 0) is 36.8 Å². The SMILES string of the molecule is CCCCCCCCCCOC(=O)C=CC#CCOC(=O)C(Cl)Oc1ccc(Cl)cc1. The van der Waals surface area contributed by atoms with Gasteiger partial charge in [0.15, 0.2) is 6.61 Å². The molecule has 0 aliphatic rings. The van der Waals surface area contributed by atoms with Crippen LogP contribution in [0.25, 0.3) is 0 Å². The second-order valence-electron chi connectivity index (χ2n) is 6.79. The second-order valence-corrected chi connectivity index (χ2v) is 7.63. The Morgan fingerprint density at radius 2 is 1.65 bits per heavy atom.